The summed E-state index contributed by atoms with van der Waals surface area (Å²) in [5.74, 6) is -1.95. The van der Waals surface area contributed by atoms with E-state index in [0.29, 0.717) is 5.56 Å². The van der Waals surface area contributed by atoms with Crippen molar-refractivity contribution in [1.29, 1.82) is 0 Å². The maximum Gasteiger partial charge on any atom is 0.337 e. The van der Waals surface area contributed by atoms with Gasteiger partial charge in [-0.15, -0.1) is 3.89 Å². The molecule has 1 atom stereocenters. The zero-order chi connectivity index (χ0) is 15.9. The smallest absolute Gasteiger partial charge is 0.337 e. The molecule has 21 heavy (non-hydrogen) atoms. The van der Waals surface area contributed by atoms with E-state index in [1.807, 2.05) is 0 Å². The number of carboxylic acid groups (broad SMARTS) is 1. The topological polar surface area (TPSA) is 91.8 Å². The number of carbonyl (C=O) groups is 2. The van der Waals surface area contributed by atoms with Crippen LogP contribution in [-0.4, -0.2) is 37.2 Å². The fourth-order valence-electron chi connectivity index (χ4n) is 2.34. The molecular formula is C12H11ClFNO5S. The molecule has 0 bridgehead atoms. The van der Waals surface area contributed by atoms with Crippen LogP contribution in [0.4, 0.5) is 9.57 Å². The van der Waals surface area contributed by atoms with E-state index in [1.54, 1.807) is 0 Å². The normalized spacial score (nSPS) is 19.1. The van der Waals surface area contributed by atoms with E-state index >= 15 is 0 Å². The van der Waals surface area contributed by atoms with Crippen LogP contribution in [-0.2, 0) is 15.0 Å². The summed E-state index contributed by atoms with van der Waals surface area (Å²) in [4.78, 5) is 24.2. The van der Waals surface area contributed by atoms with Crippen LogP contribution in [0.5, 0.6) is 0 Å². The zero-order valence-corrected chi connectivity index (χ0v) is 12.4. The van der Waals surface area contributed by atoms with Gasteiger partial charge in [0.2, 0.25) is 5.91 Å². The van der Waals surface area contributed by atoms with Crippen molar-refractivity contribution in [3.05, 3.63) is 28.3 Å². The number of amides is 1. The number of aromatic carboxylic acids is 1. The molecule has 1 aromatic rings. The molecule has 6 nitrogen and oxygen atoms in total. The number of halogens is 2. The molecule has 0 spiro atoms. The number of hydrogen-bond acceptors (Lipinski definition) is 4. The molecule has 1 amide bonds. The summed E-state index contributed by atoms with van der Waals surface area (Å²) in [5, 5.41) is 7.89. The van der Waals surface area contributed by atoms with Crippen LogP contribution in [0.2, 0.25) is 5.02 Å². The van der Waals surface area contributed by atoms with Gasteiger partial charge in [0.25, 0.3) is 0 Å². The second-order valence-corrected chi connectivity index (χ2v) is 6.78. The van der Waals surface area contributed by atoms with Gasteiger partial charge in [-0.3, -0.25) is 4.79 Å². The third-order valence-electron chi connectivity index (χ3n) is 3.25. The van der Waals surface area contributed by atoms with Gasteiger partial charge in [0.05, 0.1) is 11.3 Å². The van der Waals surface area contributed by atoms with E-state index in [4.69, 9.17) is 11.6 Å². The fourth-order valence-corrected chi connectivity index (χ4v) is 3.28. The fraction of sp³-hybridized carbons (Fsp3) is 0.333. The number of benzene rings is 1. The maximum atomic E-state index is 13.0. The molecule has 0 aromatic heterocycles. The molecule has 1 unspecified atom stereocenters. The first-order valence-electron chi connectivity index (χ1n) is 5.88. The molecule has 0 saturated carbocycles. The van der Waals surface area contributed by atoms with Crippen molar-refractivity contribution in [3.8, 4) is 0 Å². The van der Waals surface area contributed by atoms with E-state index in [9.17, 15) is 27.0 Å². The number of hydrogen-bond donors (Lipinski definition) is 1. The minimum absolute atomic E-state index is 0.0445. The van der Waals surface area contributed by atoms with Crippen molar-refractivity contribution in [2.75, 3.05) is 11.4 Å². The minimum Gasteiger partial charge on any atom is -0.478 e. The molecular weight excluding hydrogens is 325 g/mol. The Balaban J connectivity index is 2.53. The first-order valence-corrected chi connectivity index (χ1v) is 7.71. The van der Waals surface area contributed by atoms with Crippen molar-refractivity contribution in [1.82, 2.24) is 0 Å². The van der Waals surface area contributed by atoms with Gasteiger partial charge in [0.15, 0.2) is 0 Å². The van der Waals surface area contributed by atoms with E-state index in [2.05, 4.69) is 0 Å². The van der Waals surface area contributed by atoms with Gasteiger partial charge in [-0.05, 0) is 24.6 Å². The van der Waals surface area contributed by atoms with Gasteiger partial charge in [-0.2, -0.15) is 8.42 Å². The quantitative estimate of drug-likeness (QED) is 0.850. The second kappa shape index (κ2) is 5.27. The molecule has 1 heterocycles. The third-order valence-corrected chi connectivity index (χ3v) is 4.58. The van der Waals surface area contributed by atoms with Crippen LogP contribution >= 0.6 is 11.6 Å². The largest absolute Gasteiger partial charge is 0.478 e. The number of carbonyl (C=O) groups excluding carboxylic acids is 1. The lowest BCUT2D eigenvalue weighted by atomic mass is 10.1. The second-order valence-electron chi connectivity index (χ2n) is 4.73. The molecule has 1 N–H and O–H groups in total. The molecule has 0 radical (unpaired) electrons. The van der Waals surface area contributed by atoms with E-state index in [1.165, 1.54) is 13.0 Å². The van der Waals surface area contributed by atoms with Crippen LogP contribution in [0.1, 0.15) is 22.3 Å². The molecule has 2 rings (SSSR count). The van der Waals surface area contributed by atoms with E-state index in [-0.39, 0.29) is 16.3 Å². The molecule has 1 aliphatic heterocycles. The van der Waals surface area contributed by atoms with Crippen molar-refractivity contribution < 1.29 is 27.0 Å². The lowest BCUT2D eigenvalue weighted by molar-refractivity contribution is -0.117. The highest BCUT2D eigenvalue weighted by atomic mass is 35.5. The van der Waals surface area contributed by atoms with Gasteiger partial charge in [0, 0.05) is 18.0 Å². The SMILES string of the molecule is Cc1cc(Cl)cc(C(=O)O)c1N1CC(S(=O)(=O)F)CC1=O. The molecule has 1 saturated heterocycles. The Morgan fingerprint density at radius 1 is 1.48 bits per heavy atom. The molecule has 1 fully saturated rings. The Morgan fingerprint density at radius 3 is 2.57 bits per heavy atom. The standard InChI is InChI=1S/C12H11ClFNO5S/c1-6-2-7(13)3-9(12(17)18)11(6)15-5-8(4-10(15)16)21(14,19)20/h2-3,8H,4-5H2,1H3,(H,17,18). The first-order chi connectivity index (χ1) is 9.61. The molecule has 114 valence electrons. The van der Waals surface area contributed by atoms with E-state index in [0.717, 1.165) is 11.0 Å². The van der Waals surface area contributed by atoms with Crippen molar-refractivity contribution in [2.24, 2.45) is 0 Å². The third kappa shape index (κ3) is 3.01. The lowest BCUT2D eigenvalue weighted by Gasteiger charge is -2.21. The summed E-state index contributed by atoms with van der Waals surface area (Å²) in [6, 6.07) is 2.62. The van der Waals surface area contributed by atoms with E-state index < -0.39 is 40.3 Å². The Morgan fingerprint density at radius 2 is 2.10 bits per heavy atom. The monoisotopic (exact) mass is 335 g/mol. The Hall–Kier alpha value is -1.67. The number of carboxylic acids is 1. The van der Waals surface area contributed by atoms with Gasteiger partial charge in [0.1, 0.15) is 5.25 Å². The number of aryl methyl sites for hydroxylation is 1. The van der Waals surface area contributed by atoms with Gasteiger partial charge in [-0.25, -0.2) is 4.79 Å². The zero-order valence-electron chi connectivity index (χ0n) is 10.8. The van der Waals surface area contributed by atoms with Crippen LogP contribution in [0.3, 0.4) is 0 Å². The van der Waals surface area contributed by atoms with Crippen molar-refractivity contribution in [3.63, 3.8) is 0 Å². The summed E-state index contributed by atoms with van der Waals surface area (Å²) < 4.78 is 34.9. The highest BCUT2D eigenvalue weighted by Gasteiger charge is 2.40. The summed E-state index contributed by atoms with van der Waals surface area (Å²) in [6.45, 7) is 1.12. The molecule has 0 aliphatic carbocycles. The lowest BCUT2D eigenvalue weighted by Crippen LogP contribution is -2.29. The highest BCUT2D eigenvalue weighted by Crippen LogP contribution is 2.33. The number of rotatable bonds is 3. The predicted octanol–water partition coefficient (Wildman–Crippen LogP) is 1.75. The minimum atomic E-state index is -4.87. The number of anilines is 1. The summed E-state index contributed by atoms with van der Waals surface area (Å²) in [6.07, 6.45) is -0.514. The molecule has 1 aromatic carbocycles. The van der Waals surface area contributed by atoms with Gasteiger partial charge in [-0.1, -0.05) is 11.6 Å². The predicted molar refractivity (Wildman–Crippen MR) is 73.9 cm³/mol. The average molecular weight is 336 g/mol. The maximum absolute atomic E-state index is 13.0. The summed E-state index contributed by atoms with van der Waals surface area (Å²) in [5.41, 5.74) is 0.207. The Kier molecular flexibility index (Phi) is 3.94. The Bertz CT molecular complexity index is 733. The van der Waals surface area contributed by atoms with Crippen LogP contribution in [0.15, 0.2) is 12.1 Å². The summed E-state index contributed by atoms with van der Waals surface area (Å²) >= 11 is 5.79. The van der Waals surface area contributed by atoms with Gasteiger partial charge >= 0.3 is 16.2 Å². The van der Waals surface area contributed by atoms with Crippen molar-refractivity contribution in [2.45, 2.75) is 18.6 Å². The van der Waals surface area contributed by atoms with Gasteiger partial charge < -0.3 is 10.0 Å². The van der Waals surface area contributed by atoms with Crippen molar-refractivity contribution >= 4 is 39.4 Å². The molecule has 1 aliphatic rings. The number of nitrogens with zero attached hydrogens (tertiary/aromatic N) is 1. The summed E-state index contributed by atoms with van der Waals surface area (Å²) in [7, 11) is -4.87. The average Bonchev–Trinajstić information content (AvgIpc) is 2.70. The molecule has 9 heteroatoms. The highest BCUT2D eigenvalue weighted by molar-refractivity contribution is 7.87. The Labute approximate surface area is 125 Å². The van der Waals surface area contributed by atoms with Crippen LogP contribution in [0.25, 0.3) is 0 Å². The van der Waals surface area contributed by atoms with Crippen LogP contribution < -0.4 is 4.90 Å². The first kappa shape index (κ1) is 15.7. The van der Waals surface area contributed by atoms with Crippen LogP contribution in [0, 0.1) is 6.92 Å².